The third-order valence-electron chi connectivity index (χ3n) is 2.12. The molecule has 1 rings (SSSR count). The quantitative estimate of drug-likeness (QED) is 0.771. The molecule has 0 aliphatic rings. The van der Waals surface area contributed by atoms with Gasteiger partial charge in [0, 0.05) is 13.2 Å². The molecule has 4 heteroatoms. The van der Waals surface area contributed by atoms with Crippen molar-refractivity contribution in [3.05, 3.63) is 24.5 Å². The van der Waals surface area contributed by atoms with E-state index < -0.39 is 6.04 Å². The molecule has 0 fully saturated rings. The summed E-state index contributed by atoms with van der Waals surface area (Å²) in [5.41, 5.74) is 6.41. The SMILES string of the molecule is CCC(N)C(=O)N(C)c1cccnc1. The zero-order valence-corrected chi connectivity index (χ0v) is 8.47. The summed E-state index contributed by atoms with van der Waals surface area (Å²) in [6.07, 6.45) is 3.95. The molecular formula is C10H15N3O. The lowest BCUT2D eigenvalue weighted by molar-refractivity contribution is -0.119. The minimum Gasteiger partial charge on any atom is -0.320 e. The van der Waals surface area contributed by atoms with Crippen LogP contribution in [0.1, 0.15) is 13.3 Å². The topological polar surface area (TPSA) is 59.2 Å². The first-order valence-electron chi connectivity index (χ1n) is 4.60. The summed E-state index contributed by atoms with van der Waals surface area (Å²) in [5, 5.41) is 0. The summed E-state index contributed by atoms with van der Waals surface area (Å²) < 4.78 is 0. The van der Waals surface area contributed by atoms with Crippen molar-refractivity contribution in [2.45, 2.75) is 19.4 Å². The Kier molecular flexibility index (Phi) is 3.59. The summed E-state index contributed by atoms with van der Waals surface area (Å²) in [6, 6.07) is 3.18. The first-order valence-corrected chi connectivity index (χ1v) is 4.60. The third kappa shape index (κ3) is 2.29. The molecule has 1 atom stereocenters. The molecule has 0 aromatic carbocycles. The van der Waals surface area contributed by atoms with Crippen LogP contribution >= 0.6 is 0 Å². The highest BCUT2D eigenvalue weighted by Gasteiger charge is 2.16. The van der Waals surface area contributed by atoms with Crippen LogP contribution in [-0.2, 0) is 4.79 Å². The van der Waals surface area contributed by atoms with E-state index in [0.717, 1.165) is 5.69 Å². The van der Waals surface area contributed by atoms with E-state index in [-0.39, 0.29) is 5.91 Å². The number of nitrogens with two attached hydrogens (primary N) is 1. The van der Waals surface area contributed by atoms with Crippen LogP contribution < -0.4 is 10.6 Å². The summed E-state index contributed by atoms with van der Waals surface area (Å²) in [6.45, 7) is 1.89. The highest BCUT2D eigenvalue weighted by atomic mass is 16.2. The molecule has 0 bridgehead atoms. The Morgan fingerprint density at radius 3 is 2.93 bits per heavy atom. The Morgan fingerprint density at radius 2 is 2.43 bits per heavy atom. The van der Waals surface area contributed by atoms with Crippen LogP contribution in [0, 0.1) is 0 Å². The van der Waals surface area contributed by atoms with Crippen molar-refractivity contribution in [3.8, 4) is 0 Å². The molecule has 14 heavy (non-hydrogen) atoms. The van der Waals surface area contributed by atoms with Gasteiger partial charge in [-0.3, -0.25) is 9.78 Å². The molecule has 76 valence electrons. The number of rotatable bonds is 3. The van der Waals surface area contributed by atoms with Gasteiger partial charge in [-0.05, 0) is 18.6 Å². The molecule has 1 aromatic rings. The van der Waals surface area contributed by atoms with Gasteiger partial charge in [-0.25, -0.2) is 0 Å². The van der Waals surface area contributed by atoms with Gasteiger partial charge in [0.15, 0.2) is 0 Å². The predicted octanol–water partition coefficient (Wildman–Crippen LogP) is 0.782. The third-order valence-corrected chi connectivity index (χ3v) is 2.12. The van der Waals surface area contributed by atoms with Crippen molar-refractivity contribution in [3.63, 3.8) is 0 Å². The molecule has 2 N–H and O–H groups in total. The lowest BCUT2D eigenvalue weighted by atomic mass is 10.2. The Hall–Kier alpha value is -1.42. The van der Waals surface area contributed by atoms with Gasteiger partial charge in [0.2, 0.25) is 5.91 Å². The first-order chi connectivity index (χ1) is 6.66. The van der Waals surface area contributed by atoms with E-state index >= 15 is 0 Å². The van der Waals surface area contributed by atoms with Crippen LogP contribution in [-0.4, -0.2) is 24.0 Å². The van der Waals surface area contributed by atoms with Gasteiger partial charge >= 0.3 is 0 Å². The zero-order chi connectivity index (χ0) is 10.6. The normalized spacial score (nSPS) is 12.2. The van der Waals surface area contributed by atoms with Crippen molar-refractivity contribution in [1.82, 2.24) is 4.98 Å². The van der Waals surface area contributed by atoms with Gasteiger partial charge in [0.25, 0.3) is 0 Å². The lowest BCUT2D eigenvalue weighted by Gasteiger charge is -2.19. The summed E-state index contributed by atoms with van der Waals surface area (Å²) in [5.74, 6) is -0.0829. The molecule has 4 nitrogen and oxygen atoms in total. The Morgan fingerprint density at radius 1 is 1.71 bits per heavy atom. The lowest BCUT2D eigenvalue weighted by Crippen LogP contribution is -2.41. The van der Waals surface area contributed by atoms with E-state index in [4.69, 9.17) is 5.73 Å². The largest absolute Gasteiger partial charge is 0.320 e. The second-order valence-electron chi connectivity index (χ2n) is 3.12. The predicted molar refractivity (Wildman–Crippen MR) is 55.9 cm³/mol. The number of hydrogen-bond donors (Lipinski definition) is 1. The fourth-order valence-corrected chi connectivity index (χ4v) is 1.10. The fraction of sp³-hybridized carbons (Fsp3) is 0.400. The fourth-order valence-electron chi connectivity index (χ4n) is 1.10. The maximum Gasteiger partial charge on any atom is 0.243 e. The maximum atomic E-state index is 11.6. The Balaban J connectivity index is 2.76. The van der Waals surface area contributed by atoms with E-state index in [1.165, 1.54) is 4.90 Å². The van der Waals surface area contributed by atoms with Crippen molar-refractivity contribution in [2.75, 3.05) is 11.9 Å². The van der Waals surface area contributed by atoms with E-state index in [1.807, 2.05) is 13.0 Å². The molecule has 0 spiro atoms. The minimum absolute atomic E-state index is 0.0829. The van der Waals surface area contributed by atoms with Gasteiger partial charge in [-0.15, -0.1) is 0 Å². The molecule has 1 heterocycles. The summed E-state index contributed by atoms with van der Waals surface area (Å²) in [7, 11) is 1.70. The number of amides is 1. The van der Waals surface area contributed by atoms with Crippen LogP contribution in [0.3, 0.4) is 0 Å². The van der Waals surface area contributed by atoms with Crippen LogP contribution in [0.15, 0.2) is 24.5 Å². The smallest absolute Gasteiger partial charge is 0.243 e. The molecular weight excluding hydrogens is 178 g/mol. The van der Waals surface area contributed by atoms with Gasteiger partial charge in [0.05, 0.1) is 17.9 Å². The first kappa shape index (κ1) is 10.7. The van der Waals surface area contributed by atoms with Crippen molar-refractivity contribution < 1.29 is 4.79 Å². The second kappa shape index (κ2) is 4.72. The van der Waals surface area contributed by atoms with E-state index in [1.54, 1.807) is 25.5 Å². The zero-order valence-electron chi connectivity index (χ0n) is 8.47. The summed E-state index contributed by atoms with van der Waals surface area (Å²) >= 11 is 0. The molecule has 0 saturated heterocycles. The monoisotopic (exact) mass is 193 g/mol. The number of pyridine rings is 1. The number of nitrogens with zero attached hydrogens (tertiary/aromatic N) is 2. The van der Waals surface area contributed by atoms with Crippen molar-refractivity contribution >= 4 is 11.6 Å². The highest BCUT2D eigenvalue weighted by molar-refractivity contribution is 5.96. The number of anilines is 1. The van der Waals surface area contributed by atoms with Crippen LogP contribution in [0.25, 0.3) is 0 Å². The number of carbonyl (C=O) groups excluding carboxylic acids is 1. The van der Waals surface area contributed by atoms with E-state index in [2.05, 4.69) is 4.98 Å². The minimum atomic E-state index is -0.430. The molecule has 0 saturated carbocycles. The van der Waals surface area contributed by atoms with Gasteiger partial charge < -0.3 is 10.6 Å². The molecule has 0 aliphatic carbocycles. The molecule has 1 aromatic heterocycles. The van der Waals surface area contributed by atoms with Crippen molar-refractivity contribution in [1.29, 1.82) is 0 Å². The number of aromatic nitrogens is 1. The van der Waals surface area contributed by atoms with Gasteiger partial charge in [-0.2, -0.15) is 0 Å². The Labute approximate surface area is 83.7 Å². The van der Waals surface area contributed by atoms with Crippen molar-refractivity contribution in [2.24, 2.45) is 5.73 Å². The Bertz CT molecular complexity index is 299. The average Bonchev–Trinajstić information content (AvgIpc) is 2.27. The summed E-state index contributed by atoms with van der Waals surface area (Å²) in [4.78, 5) is 17.1. The van der Waals surface area contributed by atoms with E-state index in [0.29, 0.717) is 6.42 Å². The average molecular weight is 193 g/mol. The molecule has 0 radical (unpaired) electrons. The number of carbonyl (C=O) groups is 1. The standard InChI is InChI=1S/C10H15N3O/c1-3-9(11)10(14)13(2)8-5-4-6-12-7-8/h4-7,9H,3,11H2,1-2H3. The second-order valence-corrected chi connectivity index (χ2v) is 3.12. The van der Waals surface area contributed by atoms with Crippen LogP contribution in [0.4, 0.5) is 5.69 Å². The maximum absolute atomic E-state index is 11.6. The van der Waals surface area contributed by atoms with Gasteiger partial charge in [0.1, 0.15) is 0 Å². The molecule has 1 unspecified atom stereocenters. The molecule has 0 aliphatic heterocycles. The van der Waals surface area contributed by atoms with Crippen LogP contribution in [0.2, 0.25) is 0 Å². The molecule has 1 amide bonds. The van der Waals surface area contributed by atoms with Crippen LogP contribution in [0.5, 0.6) is 0 Å². The number of likely N-dealkylation sites (N-methyl/N-ethyl adjacent to an activating group) is 1. The van der Waals surface area contributed by atoms with E-state index in [9.17, 15) is 4.79 Å². The highest BCUT2D eigenvalue weighted by Crippen LogP contribution is 2.10. The number of hydrogen-bond acceptors (Lipinski definition) is 3. The van der Waals surface area contributed by atoms with Gasteiger partial charge in [-0.1, -0.05) is 6.92 Å².